The molecule has 21 heavy (non-hydrogen) atoms. The third kappa shape index (κ3) is 4.66. The standard InChI is InChI=1S/C15H20N2O4/c16-14(18)9-21-13-6-4-11(5-7-13)17-12-3-1-2-10(8-12)15(19)20/h4-7,10,12,17H,1-3,8-9H2,(H2,16,18)(H,19,20). The Kier molecular flexibility index (Phi) is 5.03. The van der Waals surface area contributed by atoms with Crippen molar-refractivity contribution in [1.82, 2.24) is 0 Å². The first-order chi connectivity index (χ1) is 10.0. The van der Waals surface area contributed by atoms with Crippen LogP contribution in [0.4, 0.5) is 5.69 Å². The van der Waals surface area contributed by atoms with Gasteiger partial charge in [-0.2, -0.15) is 0 Å². The average Bonchev–Trinajstić information content (AvgIpc) is 2.47. The summed E-state index contributed by atoms with van der Waals surface area (Å²) in [6.07, 6.45) is 3.31. The molecule has 2 atom stereocenters. The summed E-state index contributed by atoms with van der Waals surface area (Å²) in [6.45, 7) is -0.143. The zero-order valence-electron chi connectivity index (χ0n) is 11.7. The number of carboxylic acid groups (broad SMARTS) is 1. The lowest BCUT2D eigenvalue weighted by molar-refractivity contribution is -0.142. The van der Waals surface area contributed by atoms with E-state index < -0.39 is 11.9 Å². The molecule has 0 aliphatic heterocycles. The molecule has 1 fully saturated rings. The highest BCUT2D eigenvalue weighted by Crippen LogP contribution is 2.27. The van der Waals surface area contributed by atoms with Crippen LogP contribution in [0, 0.1) is 5.92 Å². The SMILES string of the molecule is NC(=O)COc1ccc(NC2CCCC(C(=O)O)C2)cc1. The molecule has 114 valence electrons. The van der Waals surface area contributed by atoms with Crippen molar-refractivity contribution in [3.63, 3.8) is 0 Å². The fourth-order valence-electron chi connectivity index (χ4n) is 2.58. The quantitative estimate of drug-likeness (QED) is 0.739. The lowest BCUT2D eigenvalue weighted by Gasteiger charge is -2.28. The molecule has 2 rings (SSSR count). The Bertz CT molecular complexity index is 501. The highest BCUT2D eigenvalue weighted by atomic mass is 16.5. The molecule has 0 radical (unpaired) electrons. The Morgan fingerprint density at radius 1 is 1.29 bits per heavy atom. The monoisotopic (exact) mass is 292 g/mol. The molecule has 1 aromatic rings. The minimum absolute atomic E-state index is 0.143. The van der Waals surface area contributed by atoms with E-state index in [2.05, 4.69) is 5.32 Å². The van der Waals surface area contributed by atoms with Crippen LogP contribution in [0.2, 0.25) is 0 Å². The summed E-state index contributed by atoms with van der Waals surface area (Å²) in [5, 5.41) is 12.4. The Morgan fingerprint density at radius 3 is 2.62 bits per heavy atom. The fraction of sp³-hybridized carbons (Fsp3) is 0.467. The number of hydrogen-bond donors (Lipinski definition) is 3. The largest absolute Gasteiger partial charge is 0.484 e. The van der Waals surface area contributed by atoms with Crippen molar-refractivity contribution < 1.29 is 19.4 Å². The number of anilines is 1. The number of ether oxygens (including phenoxy) is 1. The fourth-order valence-corrected chi connectivity index (χ4v) is 2.58. The predicted molar refractivity (Wildman–Crippen MR) is 78.1 cm³/mol. The summed E-state index contributed by atoms with van der Waals surface area (Å²) < 4.78 is 5.18. The van der Waals surface area contributed by atoms with Gasteiger partial charge in [0.2, 0.25) is 0 Å². The van der Waals surface area contributed by atoms with E-state index in [1.807, 2.05) is 12.1 Å². The lowest BCUT2D eigenvalue weighted by Crippen LogP contribution is -2.30. The van der Waals surface area contributed by atoms with E-state index in [1.165, 1.54) is 0 Å². The molecule has 0 saturated heterocycles. The molecule has 1 amide bonds. The second-order valence-corrected chi connectivity index (χ2v) is 5.32. The average molecular weight is 292 g/mol. The number of nitrogens with two attached hydrogens (primary N) is 1. The molecule has 0 spiro atoms. The van der Waals surface area contributed by atoms with Gasteiger partial charge in [-0.15, -0.1) is 0 Å². The molecule has 6 nitrogen and oxygen atoms in total. The molecule has 1 aliphatic carbocycles. The van der Waals surface area contributed by atoms with Gasteiger partial charge in [0.1, 0.15) is 5.75 Å². The maximum atomic E-state index is 11.0. The summed E-state index contributed by atoms with van der Waals surface area (Å²) in [7, 11) is 0. The van der Waals surface area contributed by atoms with Crippen molar-refractivity contribution in [3.05, 3.63) is 24.3 Å². The van der Waals surface area contributed by atoms with Gasteiger partial charge in [0, 0.05) is 11.7 Å². The van der Waals surface area contributed by atoms with Crippen molar-refractivity contribution in [2.24, 2.45) is 11.7 Å². The van der Waals surface area contributed by atoms with Crippen LogP contribution in [0.15, 0.2) is 24.3 Å². The van der Waals surface area contributed by atoms with Gasteiger partial charge in [0.05, 0.1) is 5.92 Å². The van der Waals surface area contributed by atoms with Crippen LogP contribution in [-0.4, -0.2) is 29.6 Å². The molecule has 1 aromatic carbocycles. The van der Waals surface area contributed by atoms with Gasteiger partial charge in [-0.25, -0.2) is 0 Å². The molecule has 2 unspecified atom stereocenters. The second kappa shape index (κ2) is 6.97. The molecule has 1 aliphatic rings. The summed E-state index contributed by atoms with van der Waals surface area (Å²) in [5.74, 6) is -0.906. The van der Waals surface area contributed by atoms with Crippen LogP contribution in [0.5, 0.6) is 5.75 Å². The number of carbonyl (C=O) groups is 2. The lowest BCUT2D eigenvalue weighted by atomic mass is 9.85. The minimum atomic E-state index is -0.711. The van der Waals surface area contributed by atoms with E-state index in [0.717, 1.165) is 24.9 Å². The van der Waals surface area contributed by atoms with Gasteiger partial charge in [-0.05, 0) is 43.5 Å². The zero-order valence-corrected chi connectivity index (χ0v) is 11.7. The first-order valence-electron chi connectivity index (χ1n) is 7.05. The molecular weight excluding hydrogens is 272 g/mol. The molecule has 0 bridgehead atoms. The van der Waals surface area contributed by atoms with E-state index in [-0.39, 0.29) is 18.6 Å². The van der Waals surface area contributed by atoms with Crippen LogP contribution < -0.4 is 15.8 Å². The van der Waals surface area contributed by atoms with Gasteiger partial charge in [-0.1, -0.05) is 6.42 Å². The maximum absolute atomic E-state index is 11.0. The van der Waals surface area contributed by atoms with Gasteiger partial charge in [0.25, 0.3) is 5.91 Å². The number of primary amides is 1. The van der Waals surface area contributed by atoms with E-state index >= 15 is 0 Å². The molecular formula is C15H20N2O4. The summed E-state index contributed by atoms with van der Waals surface area (Å²) in [4.78, 5) is 21.7. The molecule has 0 aromatic heterocycles. The Hall–Kier alpha value is -2.24. The summed E-state index contributed by atoms with van der Waals surface area (Å²) >= 11 is 0. The Morgan fingerprint density at radius 2 is 2.00 bits per heavy atom. The van der Waals surface area contributed by atoms with Crippen LogP contribution in [-0.2, 0) is 9.59 Å². The van der Waals surface area contributed by atoms with Crippen LogP contribution in [0.1, 0.15) is 25.7 Å². The number of rotatable bonds is 6. The number of aliphatic carboxylic acids is 1. The topological polar surface area (TPSA) is 102 Å². The predicted octanol–water partition coefficient (Wildman–Crippen LogP) is 1.61. The number of carbonyl (C=O) groups excluding carboxylic acids is 1. The number of nitrogens with one attached hydrogen (secondary N) is 1. The van der Waals surface area contributed by atoms with Crippen LogP contribution >= 0.6 is 0 Å². The highest BCUT2D eigenvalue weighted by Gasteiger charge is 2.26. The first-order valence-corrected chi connectivity index (χ1v) is 7.05. The first kappa shape index (κ1) is 15.2. The smallest absolute Gasteiger partial charge is 0.306 e. The van der Waals surface area contributed by atoms with E-state index in [0.29, 0.717) is 12.2 Å². The van der Waals surface area contributed by atoms with Crippen molar-refractivity contribution in [3.8, 4) is 5.75 Å². The van der Waals surface area contributed by atoms with Gasteiger partial charge >= 0.3 is 5.97 Å². The second-order valence-electron chi connectivity index (χ2n) is 5.32. The van der Waals surface area contributed by atoms with Crippen LogP contribution in [0.3, 0.4) is 0 Å². The normalized spacial score (nSPS) is 21.5. The van der Waals surface area contributed by atoms with Crippen molar-refractivity contribution in [2.45, 2.75) is 31.7 Å². The molecule has 0 heterocycles. The van der Waals surface area contributed by atoms with E-state index in [9.17, 15) is 9.59 Å². The minimum Gasteiger partial charge on any atom is -0.484 e. The summed E-state index contributed by atoms with van der Waals surface area (Å²) in [5.41, 5.74) is 5.92. The van der Waals surface area contributed by atoms with Crippen LogP contribution in [0.25, 0.3) is 0 Å². The van der Waals surface area contributed by atoms with Gasteiger partial charge < -0.3 is 20.9 Å². The van der Waals surface area contributed by atoms with Gasteiger partial charge in [-0.3, -0.25) is 9.59 Å². The van der Waals surface area contributed by atoms with Gasteiger partial charge in [0.15, 0.2) is 6.61 Å². The van der Waals surface area contributed by atoms with Crippen molar-refractivity contribution in [2.75, 3.05) is 11.9 Å². The maximum Gasteiger partial charge on any atom is 0.306 e. The number of benzene rings is 1. The Balaban J connectivity index is 1.88. The highest BCUT2D eigenvalue weighted by molar-refractivity contribution is 5.75. The molecule has 4 N–H and O–H groups in total. The third-order valence-corrected chi connectivity index (χ3v) is 3.63. The number of hydrogen-bond acceptors (Lipinski definition) is 4. The van der Waals surface area contributed by atoms with E-state index in [1.54, 1.807) is 12.1 Å². The number of carboxylic acids is 1. The van der Waals surface area contributed by atoms with Crippen molar-refractivity contribution in [1.29, 1.82) is 0 Å². The molecule has 1 saturated carbocycles. The number of amides is 1. The zero-order chi connectivity index (χ0) is 15.2. The summed E-state index contributed by atoms with van der Waals surface area (Å²) in [6, 6.07) is 7.38. The van der Waals surface area contributed by atoms with E-state index in [4.69, 9.17) is 15.6 Å². The Labute approximate surface area is 123 Å². The molecule has 6 heteroatoms. The third-order valence-electron chi connectivity index (χ3n) is 3.63. The van der Waals surface area contributed by atoms with Crippen molar-refractivity contribution >= 4 is 17.6 Å².